The smallest absolute Gasteiger partial charge is 0.293 e. The Morgan fingerprint density at radius 1 is 1.06 bits per heavy atom. The maximum absolute atomic E-state index is 12.2. The standard InChI is InChI=1S/C13H10O3/c14-10-6-7-11(12(15)8-10)13(16)9-4-2-1-3-5-9/h1-8,14-15H/i/hD2. The van der Waals surface area contributed by atoms with Gasteiger partial charge in [-0.05, 0) is 12.1 Å². The molecule has 0 aliphatic carbocycles. The zero-order valence-corrected chi connectivity index (χ0v) is 8.34. The van der Waals surface area contributed by atoms with Gasteiger partial charge in [0.1, 0.15) is 11.5 Å². The predicted octanol–water partition coefficient (Wildman–Crippen LogP) is 2.33. The molecule has 0 spiro atoms. The lowest BCUT2D eigenvalue weighted by atomic mass is 10.0. The summed E-state index contributed by atoms with van der Waals surface area (Å²) in [6, 6.07) is 13.0. The second-order valence-corrected chi connectivity index (χ2v) is 3.35. The third-order valence-corrected chi connectivity index (χ3v) is 2.23. The number of aromatic hydroxyl groups is 2. The summed E-state index contributed by atoms with van der Waals surface area (Å²) < 4.78 is 13.7. The first-order valence-corrected chi connectivity index (χ1v) is 4.76. The van der Waals surface area contributed by atoms with Crippen LogP contribution in [-0.2, 0) is 0 Å². The molecule has 0 fully saturated rings. The van der Waals surface area contributed by atoms with Crippen LogP contribution in [0.2, 0.25) is 0 Å². The second-order valence-electron chi connectivity index (χ2n) is 3.35. The fraction of sp³-hybridized carbons (Fsp3) is 0. The third-order valence-electron chi connectivity index (χ3n) is 2.23. The summed E-state index contributed by atoms with van der Waals surface area (Å²) in [5.41, 5.74) is 0.771. The zero-order chi connectivity index (χ0) is 13.0. The minimum atomic E-state index is -0.241. The van der Waals surface area contributed by atoms with Crippen molar-refractivity contribution in [2.45, 2.75) is 0 Å². The van der Waals surface area contributed by atoms with E-state index in [1.807, 2.05) is 6.07 Å². The van der Waals surface area contributed by atoms with Crippen molar-refractivity contribution in [3.8, 4) is 11.5 Å². The molecule has 0 saturated heterocycles. The first-order chi connectivity index (χ1) is 8.76. The van der Waals surface area contributed by atoms with Crippen molar-refractivity contribution in [3.63, 3.8) is 0 Å². The summed E-state index contributed by atoms with van der Waals surface area (Å²) in [5.74, 6) is 0.0323. The first-order valence-electron chi connectivity index (χ1n) is 5.58. The quantitative estimate of drug-likeness (QED) is 0.771. The van der Waals surface area contributed by atoms with Crippen LogP contribution in [0.4, 0.5) is 0 Å². The van der Waals surface area contributed by atoms with Gasteiger partial charge < -0.3 is 10.2 Å². The highest BCUT2D eigenvalue weighted by Crippen LogP contribution is 2.24. The lowest BCUT2D eigenvalue weighted by Crippen LogP contribution is -2.00. The van der Waals surface area contributed by atoms with Gasteiger partial charge in [-0.2, -0.15) is 0 Å². The predicted molar refractivity (Wildman–Crippen MR) is 59.6 cm³/mol. The minimum absolute atomic E-state index is 0.0635. The number of carbonyl (C=O) groups is 1. The topological polar surface area (TPSA) is 57.5 Å². The Hall–Kier alpha value is -2.29. The van der Waals surface area contributed by atoms with Crippen LogP contribution in [0.3, 0.4) is 0 Å². The van der Waals surface area contributed by atoms with Gasteiger partial charge in [0.25, 0.3) is 2.86 Å². The van der Waals surface area contributed by atoms with Crippen LogP contribution in [0.25, 0.3) is 0 Å². The van der Waals surface area contributed by atoms with Crippen LogP contribution in [0.1, 0.15) is 15.9 Å². The fourth-order valence-corrected chi connectivity index (χ4v) is 1.44. The first kappa shape index (κ1) is 7.93. The average molecular weight is 216 g/mol. The summed E-state index contributed by atoms with van der Waals surface area (Å²) >= 11 is 0. The van der Waals surface area contributed by atoms with E-state index >= 15 is 0 Å². The van der Waals surface area contributed by atoms with E-state index < -0.39 is 0 Å². The highest BCUT2D eigenvalue weighted by Gasteiger charge is 2.13. The SMILES string of the molecule is [2H]Oc1ccc(C(=O)c2ccccc2)c(O[2H])c1. The van der Waals surface area contributed by atoms with Gasteiger partial charge >= 0.3 is 0 Å². The second kappa shape index (κ2) is 4.06. The molecule has 0 saturated carbocycles. The lowest BCUT2D eigenvalue weighted by molar-refractivity contribution is 0.103. The Balaban J connectivity index is 2.42. The van der Waals surface area contributed by atoms with Crippen molar-refractivity contribution in [1.29, 1.82) is 2.86 Å². The molecule has 0 aliphatic rings. The summed E-state index contributed by atoms with van der Waals surface area (Å²) in [5, 5.41) is 8.67. The Kier molecular flexibility index (Phi) is 2.01. The number of ketones is 1. The molecule has 2 N–H and O–H groups in total. The summed E-state index contributed by atoms with van der Waals surface area (Å²) in [6.45, 7) is 0. The number of benzene rings is 2. The molecule has 0 atom stereocenters. The highest BCUT2D eigenvalue weighted by atomic mass is 16.3. The largest absolute Gasteiger partial charge is 0.508 e. The number of hydrogen-bond acceptors (Lipinski definition) is 3. The van der Waals surface area contributed by atoms with Gasteiger partial charge in [0.15, 0.2) is 5.78 Å². The van der Waals surface area contributed by atoms with Gasteiger partial charge in [0, 0.05) is 11.6 Å². The fourth-order valence-electron chi connectivity index (χ4n) is 1.44. The van der Waals surface area contributed by atoms with E-state index in [9.17, 15) is 4.79 Å². The van der Waals surface area contributed by atoms with E-state index in [-0.39, 0.29) is 22.8 Å². The van der Waals surface area contributed by atoms with Gasteiger partial charge in [-0.15, -0.1) is 0 Å². The molecule has 0 unspecified atom stereocenters. The Bertz CT molecular complexity index is 555. The molecule has 0 aliphatic heterocycles. The Morgan fingerprint density at radius 2 is 1.88 bits per heavy atom. The van der Waals surface area contributed by atoms with Gasteiger partial charge in [0.05, 0.1) is 5.56 Å². The van der Waals surface area contributed by atoms with Gasteiger partial charge in [-0.25, -0.2) is 0 Å². The van der Waals surface area contributed by atoms with Crippen molar-refractivity contribution in [2.75, 3.05) is 0 Å². The lowest BCUT2D eigenvalue weighted by Gasteiger charge is -2.04. The van der Waals surface area contributed by atoms with Crippen molar-refractivity contribution in [1.82, 2.24) is 0 Å². The van der Waals surface area contributed by atoms with E-state index in [1.54, 1.807) is 24.3 Å². The molecule has 3 nitrogen and oxygen atoms in total. The number of phenols is 2. The summed E-state index contributed by atoms with van der Waals surface area (Å²) in [4.78, 5) is 12.2. The molecule has 3 heteroatoms. The summed E-state index contributed by atoms with van der Waals surface area (Å²) in [7, 11) is 0. The van der Waals surface area contributed by atoms with Gasteiger partial charge in [0.2, 0.25) is 0 Å². The van der Waals surface area contributed by atoms with Crippen LogP contribution in [0.5, 0.6) is 11.5 Å². The van der Waals surface area contributed by atoms with E-state index in [1.165, 1.54) is 18.2 Å². The zero-order valence-electron chi connectivity index (χ0n) is 10.3. The molecule has 16 heavy (non-hydrogen) atoms. The Morgan fingerprint density at radius 3 is 2.56 bits per heavy atom. The minimum Gasteiger partial charge on any atom is -0.508 e. The maximum Gasteiger partial charge on any atom is 0.293 e. The molecule has 2 aromatic carbocycles. The van der Waals surface area contributed by atoms with Gasteiger partial charge in [-0.1, -0.05) is 30.3 Å². The van der Waals surface area contributed by atoms with E-state index in [2.05, 4.69) is 10.2 Å². The number of phenolic OH excluding ortho intramolecular Hbond substituents is 2. The van der Waals surface area contributed by atoms with Crippen molar-refractivity contribution < 1.29 is 15.0 Å². The molecule has 80 valence electrons. The van der Waals surface area contributed by atoms with E-state index in [4.69, 9.17) is 2.86 Å². The van der Waals surface area contributed by atoms with E-state index in [0.717, 1.165) is 0 Å². The average Bonchev–Trinajstić information content (AvgIpc) is 2.46. The molecular weight excluding hydrogens is 204 g/mol. The molecule has 0 heterocycles. The molecular formula is C13H10O3. The van der Waals surface area contributed by atoms with Crippen molar-refractivity contribution in [2.24, 2.45) is 0 Å². The van der Waals surface area contributed by atoms with Crippen molar-refractivity contribution in [3.05, 3.63) is 59.7 Å². The number of hydrogen-bond donors (Lipinski definition) is 2. The van der Waals surface area contributed by atoms with Crippen LogP contribution in [0.15, 0.2) is 48.5 Å². The van der Waals surface area contributed by atoms with E-state index in [0.29, 0.717) is 5.56 Å². The van der Waals surface area contributed by atoms with Crippen LogP contribution in [-0.4, -0.2) is 18.9 Å². The van der Waals surface area contributed by atoms with Crippen molar-refractivity contribution >= 4 is 5.78 Å². The molecule has 0 aromatic heterocycles. The molecule has 2 aromatic rings. The number of carbonyl (C=O) groups excluding carboxylic acids is 1. The van der Waals surface area contributed by atoms with Crippen LogP contribution < -0.4 is 0 Å². The molecule has 0 amide bonds. The molecule has 2 rings (SSSR count). The normalized spacial score (nSPS) is 11.2. The van der Waals surface area contributed by atoms with Crippen LogP contribution >= 0.6 is 0 Å². The molecule has 0 radical (unpaired) electrons. The van der Waals surface area contributed by atoms with Gasteiger partial charge in [-0.3, -0.25) is 4.79 Å². The monoisotopic (exact) mass is 216 g/mol. The van der Waals surface area contributed by atoms with Crippen LogP contribution in [0, 0.1) is 0 Å². The maximum atomic E-state index is 12.2. The third kappa shape index (κ3) is 1.88. The number of rotatable bonds is 4. The molecule has 0 bridgehead atoms. The Labute approximate surface area is 95.6 Å². The highest BCUT2D eigenvalue weighted by molar-refractivity contribution is 6.10. The summed E-state index contributed by atoms with van der Waals surface area (Å²) in [6.07, 6.45) is 0.